The highest BCUT2D eigenvalue weighted by Gasteiger charge is 2.29. The molecular formula is C27H30N4O4. The van der Waals surface area contributed by atoms with Crippen molar-refractivity contribution in [1.82, 2.24) is 19.8 Å². The van der Waals surface area contributed by atoms with Crippen LogP contribution in [0, 0.1) is 19.8 Å². The standard InChI is InChI=1S/C27H30N4O4/c1-18-14-23(19(2)31(18)22-5-6-24-25(15-22)35-13-12-34-24)27(33)30-10-7-21(8-11-30)26(32)29-17-20-4-3-9-28-16-20/h3-6,9,14-16,21H,7-8,10-13,17H2,1-2H3,(H,29,32). The van der Waals surface area contributed by atoms with Gasteiger partial charge in [0.1, 0.15) is 13.2 Å². The van der Waals surface area contributed by atoms with E-state index in [9.17, 15) is 9.59 Å². The third-order valence-corrected chi connectivity index (χ3v) is 6.79. The number of amides is 2. The minimum atomic E-state index is -0.0825. The number of rotatable bonds is 5. The summed E-state index contributed by atoms with van der Waals surface area (Å²) in [6.45, 7) is 6.65. The molecule has 2 aliphatic heterocycles. The van der Waals surface area contributed by atoms with E-state index in [0.29, 0.717) is 51.3 Å². The number of benzene rings is 1. The predicted molar refractivity (Wildman–Crippen MR) is 131 cm³/mol. The summed E-state index contributed by atoms with van der Waals surface area (Å²) in [6.07, 6.45) is 4.78. The molecule has 8 nitrogen and oxygen atoms in total. The van der Waals surface area contributed by atoms with Gasteiger partial charge in [-0.15, -0.1) is 0 Å². The summed E-state index contributed by atoms with van der Waals surface area (Å²) in [6, 6.07) is 11.6. The van der Waals surface area contributed by atoms with Crippen LogP contribution in [-0.4, -0.2) is 52.6 Å². The first-order chi connectivity index (χ1) is 17.0. The lowest BCUT2D eigenvalue weighted by Gasteiger charge is -2.31. The van der Waals surface area contributed by atoms with Gasteiger partial charge in [0.05, 0.1) is 5.56 Å². The Morgan fingerprint density at radius 2 is 1.83 bits per heavy atom. The van der Waals surface area contributed by atoms with Gasteiger partial charge in [0.25, 0.3) is 5.91 Å². The van der Waals surface area contributed by atoms with E-state index in [1.165, 1.54) is 0 Å². The highest BCUT2D eigenvalue weighted by molar-refractivity contribution is 5.96. The Labute approximate surface area is 204 Å². The van der Waals surface area contributed by atoms with Crippen molar-refractivity contribution in [3.8, 4) is 17.2 Å². The van der Waals surface area contributed by atoms with Gasteiger partial charge in [-0.05, 0) is 56.5 Å². The third kappa shape index (κ3) is 4.73. The smallest absolute Gasteiger partial charge is 0.255 e. The van der Waals surface area contributed by atoms with Crippen LogP contribution >= 0.6 is 0 Å². The molecule has 0 aliphatic carbocycles. The van der Waals surface area contributed by atoms with Crippen molar-refractivity contribution in [2.75, 3.05) is 26.3 Å². The number of fused-ring (bicyclic) bond motifs is 1. The summed E-state index contributed by atoms with van der Waals surface area (Å²) in [7, 11) is 0. The van der Waals surface area contributed by atoms with E-state index < -0.39 is 0 Å². The fourth-order valence-electron chi connectivity index (χ4n) is 4.90. The van der Waals surface area contributed by atoms with Crippen LogP contribution in [0.3, 0.4) is 0 Å². The lowest BCUT2D eigenvalue weighted by atomic mass is 9.95. The molecule has 0 saturated carbocycles. The summed E-state index contributed by atoms with van der Waals surface area (Å²) in [5, 5.41) is 3.00. The van der Waals surface area contributed by atoms with Gasteiger partial charge in [-0.3, -0.25) is 14.6 Å². The lowest BCUT2D eigenvalue weighted by Crippen LogP contribution is -2.43. The summed E-state index contributed by atoms with van der Waals surface area (Å²) < 4.78 is 13.4. The van der Waals surface area contributed by atoms with Crippen LogP contribution in [0.25, 0.3) is 5.69 Å². The topological polar surface area (TPSA) is 85.7 Å². The number of nitrogens with zero attached hydrogens (tertiary/aromatic N) is 3. The average Bonchev–Trinajstić information content (AvgIpc) is 3.20. The maximum absolute atomic E-state index is 13.4. The fourth-order valence-corrected chi connectivity index (χ4v) is 4.90. The van der Waals surface area contributed by atoms with Gasteiger partial charge < -0.3 is 24.3 Å². The van der Waals surface area contributed by atoms with Crippen molar-refractivity contribution in [1.29, 1.82) is 0 Å². The summed E-state index contributed by atoms with van der Waals surface area (Å²) in [4.78, 5) is 32.0. The Balaban J connectivity index is 1.23. The molecule has 3 aromatic rings. The number of carbonyl (C=O) groups is 2. The zero-order chi connectivity index (χ0) is 24.4. The van der Waals surface area contributed by atoms with Gasteiger partial charge in [0, 0.05) is 61.1 Å². The Kier molecular flexibility index (Phi) is 6.44. The van der Waals surface area contributed by atoms with Crippen molar-refractivity contribution in [3.63, 3.8) is 0 Å². The molecule has 0 radical (unpaired) electrons. The average molecular weight is 475 g/mol. The first-order valence-electron chi connectivity index (χ1n) is 12.1. The lowest BCUT2D eigenvalue weighted by molar-refractivity contribution is -0.126. The minimum absolute atomic E-state index is 0.0103. The van der Waals surface area contributed by atoms with Gasteiger partial charge in [-0.2, -0.15) is 0 Å². The number of nitrogens with one attached hydrogen (secondary N) is 1. The Hall–Kier alpha value is -3.81. The summed E-state index contributed by atoms with van der Waals surface area (Å²) >= 11 is 0. The molecule has 0 bridgehead atoms. The number of likely N-dealkylation sites (tertiary alicyclic amines) is 1. The summed E-state index contributed by atoms with van der Waals surface area (Å²) in [5.41, 5.74) is 4.47. The molecule has 8 heteroatoms. The van der Waals surface area contributed by atoms with Crippen LogP contribution in [0.2, 0.25) is 0 Å². The van der Waals surface area contributed by atoms with E-state index in [1.807, 2.05) is 55.1 Å². The first kappa shape index (κ1) is 23.0. The molecule has 1 saturated heterocycles. The number of aryl methyl sites for hydroxylation is 1. The molecule has 5 rings (SSSR count). The number of ether oxygens (including phenoxy) is 2. The molecule has 35 heavy (non-hydrogen) atoms. The highest BCUT2D eigenvalue weighted by atomic mass is 16.6. The second-order valence-electron chi connectivity index (χ2n) is 9.09. The molecule has 1 N–H and O–H groups in total. The van der Waals surface area contributed by atoms with Crippen molar-refractivity contribution in [3.05, 3.63) is 71.3 Å². The van der Waals surface area contributed by atoms with Gasteiger partial charge in [0.15, 0.2) is 11.5 Å². The second kappa shape index (κ2) is 9.82. The molecular weight excluding hydrogens is 444 g/mol. The number of carbonyl (C=O) groups excluding carboxylic acids is 2. The maximum atomic E-state index is 13.4. The van der Waals surface area contributed by atoms with E-state index in [2.05, 4.69) is 14.9 Å². The van der Waals surface area contributed by atoms with Crippen LogP contribution in [0.15, 0.2) is 48.8 Å². The largest absolute Gasteiger partial charge is 0.486 e. The second-order valence-corrected chi connectivity index (χ2v) is 9.09. The Morgan fingerprint density at radius 3 is 2.57 bits per heavy atom. The highest BCUT2D eigenvalue weighted by Crippen LogP contribution is 2.34. The Morgan fingerprint density at radius 1 is 1.06 bits per heavy atom. The van der Waals surface area contributed by atoms with Crippen LogP contribution in [0.4, 0.5) is 0 Å². The number of hydrogen-bond donors (Lipinski definition) is 1. The van der Waals surface area contributed by atoms with Crippen LogP contribution in [0.5, 0.6) is 11.5 Å². The van der Waals surface area contributed by atoms with E-state index in [-0.39, 0.29) is 17.7 Å². The molecule has 0 unspecified atom stereocenters. The molecule has 1 fully saturated rings. The van der Waals surface area contributed by atoms with Gasteiger partial charge >= 0.3 is 0 Å². The van der Waals surface area contributed by atoms with E-state index in [4.69, 9.17) is 9.47 Å². The molecule has 2 aliphatic rings. The van der Waals surface area contributed by atoms with Crippen molar-refractivity contribution in [2.24, 2.45) is 5.92 Å². The van der Waals surface area contributed by atoms with E-state index in [1.54, 1.807) is 12.4 Å². The molecule has 4 heterocycles. The van der Waals surface area contributed by atoms with Crippen molar-refractivity contribution in [2.45, 2.75) is 33.2 Å². The van der Waals surface area contributed by atoms with Crippen molar-refractivity contribution < 1.29 is 19.1 Å². The number of pyridine rings is 1. The maximum Gasteiger partial charge on any atom is 0.255 e. The SMILES string of the molecule is Cc1cc(C(=O)N2CCC(C(=O)NCc3cccnc3)CC2)c(C)n1-c1ccc2c(c1)OCCO2. The fraction of sp³-hybridized carbons (Fsp3) is 0.370. The first-order valence-corrected chi connectivity index (χ1v) is 12.1. The molecule has 0 spiro atoms. The van der Waals surface area contributed by atoms with Crippen LogP contribution in [-0.2, 0) is 11.3 Å². The normalized spacial score (nSPS) is 15.7. The number of piperidine rings is 1. The van der Waals surface area contributed by atoms with Crippen LogP contribution in [0.1, 0.15) is 40.2 Å². The van der Waals surface area contributed by atoms with Gasteiger partial charge in [0.2, 0.25) is 5.91 Å². The predicted octanol–water partition coefficient (Wildman–Crippen LogP) is 3.43. The van der Waals surface area contributed by atoms with Crippen molar-refractivity contribution >= 4 is 11.8 Å². The quantitative estimate of drug-likeness (QED) is 0.612. The molecule has 2 amide bonds. The molecule has 182 valence electrons. The van der Waals surface area contributed by atoms with E-state index in [0.717, 1.165) is 34.1 Å². The molecule has 0 atom stereocenters. The number of aromatic nitrogens is 2. The monoisotopic (exact) mass is 474 g/mol. The third-order valence-electron chi connectivity index (χ3n) is 6.79. The Bertz CT molecular complexity index is 1230. The molecule has 2 aromatic heterocycles. The summed E-state index contributed by atoms with van der Waals surface area (Å²) in [5.74, 6) is 1.43. The minimum Gasteiger partial charge on any atom is -0.486 e. The zero-order valence-corrected chi connectivity index (χ0v) is 20.1. The van der Waals surface area contributed by atoms with Crippen LogP contribution < -0.4 is 14.8 Å². The number of hydrogen-bond acceptors (Lipinski definition) is 5. The molecule has 1 aromatic carbocycles. The van der Waals surface area contributed by atoms with Gasteiger partial charge in [-0.25, -0.2) is 0 Å². The van der Waals surface area contributed by atoms with E-state index >= 15 is 0 Å². The van der Waals surface area contributed by atoms with Gasteiger partial charge in [-0.1, -0.05) is 6.07 Å². The zero-order valence-electron chi connectivity index (χ0n) is 20.1.